The number of aromatic nitrogens is 2. The summed E-state index contributed by atoms with van der Waals surface area (Å²) in [6, 6.07) is 9.38. The first-order valence-corrected chi connectivity index (χ1v) is 17.8. The topological polar surface area (TPSA) is 158 Å². The summed E-state index contributed by atoms with van der Waals surface area (Å²) in [6.07, 6.45) is 1.34. The van der Waals surface area contributed by atoms with Crippen molar-refractivity contribution in [3.8, 4) is 0 Å². The van der Waals surface area contributed by atoms with Gasteiger partial charge in [0.1, 0.15) is 23.4 Å². The molecule has 258 valence electrons. The van der Waals surface area contributed by atoms with Crippen molar-refractivity contribution in [3.63, 3.8) is 0 Å². The van der Waals surface area contributed by atoms with E-state index in [9.17, 15) is 31.9 Å². The Bertz CT molecular complexity index is 1570. The molecule has 0 aliphatic heterocycles. The van der Waals surface area contributed by atoms with Gasteiger partial charge in [0, 0.05) is 30.9 Å². The minimum absolute atomic E-state index is 0.0112. The number of aryl methyl sites for hydroxylation is 2. The van der Waals surface area contributed by atoms with Gasteiger partial charge in [0.2, 0.25) is 5.91 Å². The number of rotatable bonds is 18. The summed E-state index contributed by atoms with van der Waals surface area (Å²) in [5, 5.41) is 19.7. The van der Waals surface area contributed by atoms with Crippen molar-refractivity contribution >= 4 is 21.7 Å². The highest BCUT2D eigenvalue weighted by atomic mass is 32.2. The van der Waals surface area contributed by atoms with Gasteiger partial charge < -0.3 is 21.1 Å². The molecule has 2 aromatic carbocycles. The van der Waals surface area contributed by atoms with E-state index in [1.54, 1.807) is 13.0 Å². The van der Waals surface area contributed by atoms with Crippen LogP contribution in [0.4, 0.5) is 8.78 Å². The summed E-state index contributed by atoms with van der Waals surface area (Å²) in [7, 11) is -3.87. The van der Waals surface area contributed by atoms with E-state index in [0.29, 0.717) is 31.4 Å². The zero-order valence-corrected chi connectivity index (χ0v) is 28.3. The summed E-state index contributed by atoms with van der Waals surface area (Å²) < 4.78 is 55.1. The molecule has 0 bridgehead atoms. The number of aromatic amines is 1. The molecule has 1 aromatic heterocycles. The van der Waals surface area contributed by atoms with Crippen LogP contribution in [0.3, 0.4) is 0 Å². The number of carbonyl (C=O) groups is 2. The number of hydrogen-bond acceptors (Lipinski definition) is 7. The Morgan fingerprint density at radius 2 is 1.64 bits per heavy atom. The third-order valence-corrected chi connectivity index (χ3v) is 10.3. The summed E-state index contributed by atoms with van der Waals surface area (Å²) >= 11 is 0. The number of H-pyrrole nitrogens is 1. The Hall–Kier alpha value is -3.68. The van der Waals surface area contributed by atoms with Gasteiger partial charge in [-0.3, -0.25) is 14.7 Å². The first-order valence-electron chi connectivity index (χ1n) is 16.1. The normalized spacial score (nSPS) is 13.7. The number of nitrogens with one attached hydrogen (secondary N) is 2. The van der Waals surface area contributed by atoms with Gasteiger partial charge in [-0.05, 0) is 67.5 Å². The second-order valence-corrected chi connectivity index (χ2v) is 14.4. The van der Waals surface area contributed by atoms with Gasteiger partial charge in [-0.15, -0.1) is 0 Å². The molecule has 3 aromatic rings. The fourth-order valence-electron chi connectivity index (χ4n) is 5.58. The van der Waals surface area contributed by atoms with Gasteiger partial charge in [0.25, 0.3) is 5.91 Å². The van der Waals surface area contributed by atoms with E-state index in [4.69, 9.17) is 5.73 Å². The molecule has 0 radical (unpaired) electrons. The van der Waals surface area contributed by atoms with E-state index in [1.807, 2.05) is 39.0 Å². The predicted octanol–water partition coefficient (Wildman–Crippen LogP) is 4.00. The lowest BCUT2D eigenvalue weighted by molar-refractivity contribution is -0.135. The zero-order valence-electron chi connectivity index (χ0n) is 27.5. The van der Waals surface area contributed by atoms with E-state index in [-0.39, 0.29) is 30.8 Å². The fourth-order valence-corrected chi connectivity index (χ4v) is 7.73. The predicted molar refractivity (Wildman–Crippen MR) is 177 cm³/mol. The number of nitrogens with two attached hydrogens (primary N) is 1. The van der Waals surface area contributed by atoms with Crippen LogP contribution in [0.1, 0.15) is 79.3 Å². The van der Waals surface area contributed by atoms with Gasteiger partial charge in [0.15, 0.2) is 9.84 Å². The number of nitrogens with zero attached hydrogens (tertiary/aromatic N) is 2. The molecule has 3 atom stereocenters. The van der Waals surface area contributed by atoms with Gasteiger partial charge in [0.05, 0.1) is 17.1 Å². The highest BCUT2D eigenvalue weighted by molar-refractivity contribution is 7.92. The maximum atomic E-state index is 14.4. The van der Waals surface area contributed by atoms with Crippen LogP contribution in [0.25, 0.3) is 0 Å². The van der Waals surface area contributed by atoms with Crippen LogP contribution < -0.4 is 11.1 Å². The van der Waals surface area contributed by atoms with Crippen LogP contribution in [0.2, 0.25) is 0 Å². The Morgan fingerprint density at radius 1 is 1.00 bits per heavy atom. The van der Waals surface area contributed by atoms with Crippen LogP contribution in [0, 0.1) is 18.6 Å². The largest absolute Gasteiger partial charge is 0.390 e. The number of halogens is 2. The smallest absolute Gasteiger partial charge is 0.272 e. The highest BCUT2D eigenvalue weighted by Gasteiger charge is 2.36. The average molecular weight is 676 g/mol. The SMILES string of the molecule is CCCC(CCC)S(=O)(=O)CC(NC(=O)c1cc(C)[nH]n1)C(=O)N(Cc1cccc(CC)c1)C[C@@H](O)[C@@H](N)Cc1cc(F)cc(F)c1. The van der Waals surface area contributed by atoms with E-state index < -0.39 is 62.5 Å². The number of amides is 2. The van der Waals surface area contributed by atoms with Crippen molar-refractivity contribution in [2.45, 2.75) is 96.2 Å². The highest BCUT2D eigenvalue weighted by Crippen LogP contribution is 2.19. The standard InChI is InChI=1S/C34H47F2N5O5S/c1-5-9-28(10-6-2)47(45,46)21-31(38-33(43)30-13-22(4)39-40-30)34(44)41(19-24-12-8-11-23(7-3)14-24)20-32(42)29(37)17-25-15-26(35)18-27(36)16-25/h8,11-16,18,28-29,31-32,42H,5-7,9-10,17,19-21,37H2,1-4H3,(H,38,43)(H,39,40)/t29-,31?,32+/m0/s1. The van der Waals surface area contributed by atoms with Gasteiger partial charge >= 0.3 is 0 Å². The van der Waals surface area contributed by atoms with Crippen molar-refractivity contribution in [1.82, 2.24) is 20.4 Å². The van der Waals surface area contributed by atoms with Crippen molar-refractivity contribution in [2.75, 3.05) is 12.3 Å². The van der Waals surface area contributed by atoms with Crippen LogP contribution >= 0.6 is 0 Å². The fraction of sp³-hybridized carbons (Fsp3) is 0.500. The molecule has 0 fully saturated rings. The van der Waals surface area contributed by atoms with Crippen molar-refractivity contribution in [2.24, 2.45) is 5.73 Å². The number of carbonyl (C=O) groups excluding carboxylic acids is 2. The number of sulfone groups is 1. The molecular formula is C34H47F2N5O5S. The molecule has 1 unspecified atom stereocenters. The maximum Gasteiger partial charge on any atom is 0.272 e. The first-order chi connectivity index (χ1) is 22.3. The molecule has 3 rings (SSSR count). The van der Waals surface area contributed by atoms with Crippen molar-refractivity contribution in [1.29, 1.82) is 0 Å². The number of benzene rings is 2. The molecule has 5 N–H and O–H groups in total. The molecule has 47 heavy (non-hydrogen) atoms. The summed E-state index contributed by atoms with van der Waals surface area (Å²) in [5.41, 5.74) is 8.81. The third kappa shape index (κ3) is 11.2. The minimum Gasteiger partial charge on any atom is -0.390 e. The van der Waals surface area contributed by atoms with Crippen LogP contribution in [0.5, 0.6) is 0 Å². The summed E-state index contributed by atoms with van der Waals surface area (Å²) in [4.78, 5) is 28.9. The number of aliphatic hydroxyl groups is 1. The molecule has 10 nitrogen and oxygen atoms in total. The van der Waals surface area contributed by atoms with Gasteiger partial charge in [-0.1, -0.05) is 57.9 Å². The quantitative estimate of drug-likeness (QED) is 0.159. The second kappa shape index (κ2) is 17.5. The van der Waals surface area contributed by atoms with Crippen LogP contribution in [-0.2, 0) is 34.0 Å². The molecule has 0 spiro atoms. The monoisotopic (exact) mass is 675 g/mol. The van der Waals surface area contributed by atoms with Crippen molar-refractivity contribution in [3.05, 3.63) is 88.2 Å². The molecule has 0 aliphatic rings. The van der Waals surface area contributed by atoms with E-state index in [1.165, 1.54) is 11.0 Å². The molecule has 1 heterocycles. The lowest BCUT2D eigenvalue weighted by Crippen LogP contribution is -2.55. The molecule has 13 heteroatoms. The van der Waals surface area contributed by atoms with E-state index in [0.717, 1.165) is 35.7 Å². The molecule has 0 aliphatic carbocycles. The third-order valence-electron chi connectivity index (χ3n) is 8.05. The Balaban J connectivity index is 1.98. The molecular weight excluding hydrogens is 628 g/mol. The summed E-state index contributed by atoms with van der Waals surface area (Å²) in [6.45, 7) is 7.10. The van der Waals surface area contributed by atoms with E-state index >= 15 is 0 Å². The number of aliphatic hydroxyl groups excluding tert-OH is 1. The van der Waals surface area contributed by atoms with Crippen molar-refractivity contribution < 1.29 is 31.9 Å². The lowest BCUT2D eigenvalue weighted by atomic mass is 10.0. The molecule has 0 saturated heterocycles. The molecule has 0 saturated carbocycles. The Labute approximate surface area is 276 Å². The first kappa shape index (κ1) is 37.8. The van der Waals surface area contributed by atoms with Crippen LogP contribution in [0.15, 0.2) is 48.5 Å². The lowest BCUT2D eigenvalue weighted by Gasteiger charge is -2.32. The van der Waals surface area contributed by atoms with E-state index in [2.05, 4.69) is 15.5 Å². The number of hydrogen-bond donors (Lipinski definition) is 4. The average Bonchev–Trinajstić information content (AvgIpc) is 3.45. The van der Waals surface area contributed by atoms with Gasteiger partial charge in [-0.2, -0.15) is 5.10 Å². The molecule has 2 amide bonds. The maximum absolute atomic E-state index is 14.4. The Kier molecular flexibility index (Phi) is 14.0. The van der Waals surface area contributed by atoms with Gasteiger partial charge in [-0.25, -0.2) is 17.2 Å². The zero-order chi connectivity index (χ0) is 34.7. The Morgan fingerprint density at radius 3 is 2.21 bits per heavy atom. The minimum atomic E-state index is -3.87. The van der Waals surface area contributed by atoms with Crippen LogP contribution in [-0.4, -0.2) is 76.2 Å². The second-order valence-electron chi connectivity index (χ2n) is 12.1. The summed E-state index contributed by atoms with van der Waals surface area (Å²) in [5.74, 6) is -3.69.